The number of nitrogens with zero attached hydrogens (tertiary/aromatic N) is 5. The number of tetrazole rings is 1. The molecule has 0 amide bonds. The highest BCUT2D eigenvalue weighted by Gasteiger charge is 2.14. The first-order chi connectivity index (χ1) is 10.3. The Bertz CT molecular complexity index is 613. The number of hydrogen-bond donors (Lipinski definition) is 0. The molecule has 3 rings (SSSR count). The normalized spacial score (nSPS) is 13.1. The summed E-state index contributed by atoms with van der Waals surface area (Å²) in [6, 6.07) is 6.03. The Kier molecular flexibility index (Phi) is 4.01. The second-order valence-corrected chi connectivity index (χ2v) is 5.18. The highest BCUT2D eigenvalue weighted by atomic mass is 16.7. The quantitative estimate of drug-likeness (QED) is 0.802. The number of benzene rings is 1. The molecule has 0 saturated heterocycles. The van der Waals surface area contributed by atoms with Gasteiger partial charge in [0.25, 0.3) is 0 Å². The zero-order valence-electron chi connectivity index (χ0n) is 12.3. The van der Waals surface area contributed by atoms with Gasteiger partial charge in [-0.1, -0.05) is 13.0 Å². The van der Waals surface area contributed by atoms with E-state index in [0.29, 0.717) is 13.3 Å². The Morgan fingerprint density at radius 1 is 1.24 bits per heavy atom. The van der Waals surface area contributed by atoms with Gasteiger partial charge in [-0.15, -0.1) is 5.10 Å². The fraction of sp³-hybridized carbons (Fsp3) is 0.500. The van der Waals surface area contributed by atoms with Crippen LogP contribution < -0.4 is 9.47 Å². The third-order valence-corrected chi connectivity index (χ3v) is 3.34. The molecule has 1 aromatic heterocycles. The van der Waals surface area contributed by atoms with Crippen LogP contribution >= 0.6 is 0 Å². The average molecular weight is 289 g/mol. The average Bonchev–Trinajstić information content (AvgIpc) is 3.08. The van der Waals surface area contributed by atoms with Gasteiger partial charge in [0.1, 0.15) is 0 Å². The van der Waals surface area contributed by atoms with Crippen LogP contribution in [0.2, 0.25) is 0 Å². The number of aryl methyl sites for hydroxylation is 1. The van der Waals surface area contributed by atoms with E-state index in [0.717, 1.165) is 36.8 Å². The molecule has 0 saturated carbocycles. The van der Waals surface area contributed by atoms with Crippen molar-refractivity contribution in [2.45, 2.75) is 33.0 Å². The van der Waals surface area contributed by atoms with Crippen molar-refractivity contribution in [3.05, 3.63) is 29.6 Å². The smallest absolute Gasteiger partial charge is 0.231 e. The Balaban J connectivity index is 1.63. The molecule has 7 heteroatoms. The van der Waals surface area contributed by atoms with Gasteiger partial charge >= 0.3 is 0 Å². The summed E-state index contributed by atoms with van der Waals surface area (Å²) in [5.41, 5.74) is 1.18. The Labute approximate surface area is 123 Å². The monoisotopic (exact) mass is 289 g/mol. The minimum atomic E-state index is 0.306. The molecular formula is C14H19N5O2. The van der Waals surface area contributed by atoms with Crippen molar-refractivity contribution in [3.63, 3.8) is 0 Å². The molecular weight excluding hydrogens is 270 g/mol. The standard InChI is InChI=1S/C14H19N5O2/c1-3-6-19-14(15-16-17-19)9-18(2)8-11-4-5-12-13(7-11)21-10-20-12/h4-5,7H,3,6,8-10H2,1-2H3. The number of ether oxygens (including phenoxy) is 2. The zero-order valence-corrected chi connectivity index (χ0v) is 12.3. The number of fused-ring (bicyclic) bond motifs is 1. The SMILES string of the molecule is CCCn1nnnc1CN(C)Cc1ccc2c(c1)OCO2. The molecule has 2 heterocycles. The molecule has 7 nitrogen and oxygen atoms in total. The summed E-state index contributed by atoms with van der Waals surface area (Å²) >= 11 is 0. The molecule has 0 fully saturated rings. The minimum absolute atomic E-state index is 0.306. The zero-order chi connectivity index (χ0) is 14.7. The lowest BCUT2D eigenvalue weighted by molar-refractivity contribution is 0.174. The van der Waals surface area contributed by atoms with Gasteiger partial charge in [0.15, 0.2) is 17.3 Å². The fourth-order valence-corrected chi connectivity index (χ4v) is 2.37. The molecule has 1 aromatic carbocycles. The highest BCUT2D eigenvalue weighted by molar-refractivity contribution is 5.44. The second-order valence-electron chi connectivity index (χ2n) is 5.18. The first-order valence-electron chi connectivity index (χ1n) is 7.08. The molecule has 0 unspecified atom stereocenters. The van der Waals surface area contributed by atoms with Crippen LogP contribution in [0.15, 0.2) is 18.2 Å². The molecule has 21 heavy (non-hydrogen) atoms. The van der Waals surface area contributed by atoms with E-state index in [-0.39, 0.29) is 0 Å². The second kappa shape index (κ2) is 6.09. The van der Waals surface area contributed by atoms with Gasteiger partial charge < -0.3 is 9.47 Å². The maximum Gasteiger partial charge on any atom is 0.231 e. The van der Waals surface area contributed by atoms with E-state index >= 15 is 0 Å². The summed E-state index contributed by atoms with van der Waals surface area (Å²) in [4.78, 5) is 2.18. The van der Waals surface area contributed by atoms with Crippen LogP contribution in [0, 0.1) is 0 Å². The van der Waals surface area contributed by atoms with Crippen LogP contribution in [0.5, 0.6) is 11.5 Å². The molecule has 0 radical (unpaired) electrons. The first-order valence-corrected chi connectivity index (χ1v) is 7.08. The van der Waals surface area contributed by atoms with Gasteiger partial charge in [-0.2, -0.15) is 0 Å². The topological polar surface area (TPSA) is 65.3 Å². The summed E-state index contributed by atoms with van der Waals surface area (Å²) in [6.07, 6.45) is 1.02. The summed E-state index contributed by atoms with van der Waals surface area (Å²) in [5.74, 6) is 2.52. The van der Waals surface area contributed by atoms with E-state index in [1.807, 2.05) is 16.8 Å². The van der Waals surface area contributed by atoms with Crippen molar-refractivity contribution in [2.24, 2.45) is 0 Å². The first kappa shape index (κ1) is 13.8. The van der Waals surface area contributed by atoms with Gasteiger partial charge in [0.2, 0.25) is 6.79 Å². The Morgan fingerprint density at radius 3 is 2.95 bits per heavy atom. The van der Waals surface area contributed by atoms with Crippen molar-refractivity contribution < 1.29 is 9.47 Å². The summed E-state index contributed by atoms with van der Waals surface area (Å²) < 4.78 is 12.6. The molecule has 0 aliphatic carbocycles. The number of hydrogen-bond acceptors (Lipinski definition) is 6. The molecule has 0 spiro atoms. The Morgan fingerprint density at radius 2 is 2.10 bits per heavy atom. The van der Waals surface area contributed by atoms with E-state index in [9.17, 15) is 0 Å². The molecule has 0 atom stereocenters. The van der Waals surface area contributed by atoms with Crippen LogP contribution in [0.25, 0.3) is 0 Å². The van der Waals surface area contributed by atoms with Crippen LogP contribution in [0.4, 0.5) is 0 Å². The van der Waals surface area contributed by atoms with E-state index in [1.165, 1.54) is 5.56 Å². The van der Waals surface area contributed by atoms with Crippen molar-refractivity contribution in [1.29, 1.82) is 0 Å². The van der Waals surface area contributed by atoms with E-state index < -0.39 is 0 Å². The Hall–Kier alpha value is -2.15. The van der Waals surface area contributed by atoms with Crippen molar-refractivity contribution in [3.8, 4) is 11.5 Å². The number of aromatic nitrogens is 4. The maximum absolute atomic E-state index is 5.40. The lowest BCUT2D eigenvalue weighted by Crippen LogP contribution is -2.20. The molecule has 0 N–H and O–H groups in total. The van der Waals surface area contributed by atoms with E-state index in [1.54, 1.807) is 0 Å². The largest absolute Gasteiger partial charge is 0.454 e. The van der Waals surface area contributed by atoms with Crippen LogP contribution in [0.3, 0.4) is 0 Å². The van der Waals surface area contributed by atoms with Gasteiger partial charge in [-0.05, 0) is 41.6 Å². The molecule has 112 valence electrons. The lowest BCUT2D eigenvalue weighted by Gasteiger charge is -2.16. The predicted molar refractivity (Wildman–Crippen MR) is 75.8 cm³/mol. The van der Waals surface area contributed by atoms with Crippen molar-refractivity contribution >= 4 is 0 Å². The molecule has 0 bridgehead atoms. The molecule has 2 aromatic rings. The predicted octanol–water partition coefficient (Wildman–Crippen LogP) is 1.44. The van der Waals surface area contributed by atoms with E-state index in [4.69, 9.17) is 9.47 Å². The maximum atomic E-state index is 5.40. The summed E-state index contributed by atoms with van der Waals surface area (Å²) in [7, 11) is 2.05. The highest BCUT2D eigenvalue weighted by Crippen LogP contribution is 2.32. The van der Waals surface area contributed by atoms with E-state index in [2.05, 4.69) is 40.5 Å². The third-order valence-electron chi connectivity index (χ3n) is 3.34. The minimum Gasteiger partial charge on any atom is -0.454 e. The lowest BCUT2D eigenvalue weighted by atomic mass is 10.2. The number of rotatable bonds is 6. The van der Waals surface area contributed by atoms with Crippen LogP contribution in [0.1, 0.15) is 24.7 Å². The van der Waals surface area contributed by atoms with Crippen molar-refractivity contribution in [1.82, 2.24) is 25.1 Å². The van der Waals surface area contributed by atoms with Gasteiger partial charge in [0.05, 0.1) is 6.54 Å². The molecule has 1 aliphatic heterocycles. The van der Waals surface area contributed by atoms with Gasteiger partial charge in [-0.25, -0.2) is 4.68 Å². The van der Waals surface area contributed by atoms with Gasteiger partial charge in [0, 0.05) is 13.1 Å². The fourth-order valence-electron chi connectivity index (χ4n) is 2.37. The summed E-state index contributed by atoms with van der Waals surface area (Å²) in [5, 5.41) is 11.8. The van der Waals surface area contributed by atoms with Crippen LogP contribution in [-0.2, 0) is 19.6 Å². The van der Waals surface area contributed by atoms with Crippen molar-refractivity contribution in [2.75, 3.05) is 13.8 Å². The van der Waals surface area contributed by atoms with Crippen LogP contribution in [-0.4, -0.2) is 38.9 Å². The van der Waals surface area contributed by atoms with Gasteiger partial charge in [-0.3, -0.25) is 4.90 Å². The molecule has 1 aliphatic rings. The summed E-state index contributed by atoms with van der Waals surface area (Å²) in [6.45, 7) is 4.78. The third kappa shape index (κ3) is 3.13.